The molecule has 4 heteroatoms. The number of amides is 1. The van der Waals surface area contributed by atoms with Gasteiger partial charge < -0.3 is 10.6 Å². The third kappa shape index (κ3) is 4.08. The molecule has 82 valence electrons. The van der Waals surface area contributed by atoms with Gasteiger partial charge in [0.2, 0.25) is 5.91 Å². The van der Waals surface area contributed by atoms with Gasteiger partial charge in [0.15, 0.2) is 0 Å². The lowest BCUT2D eigenvalue weighted by Crippen LogP contribution is -2.33. The maximum absolute atomic E-state index is 13.1. The monoisotopic (exact) mass is 210 g/mol. The lowest BCUT2D eigenvalue weighted by atomic mass is 10.1. The summed E-state index contributed by atoms with van der Waals surface area (Å²) in [7, 11) is 1.70. The lowest BCUT2D eigenvalue weighted by molar-refractivity contribution is -0.120. The first kappa shape index (κ1) is 11.7. The largest absolute Gasteiger partial charge is 0.355 e. The summed E-state index contributed by atoms with van der Waals surface area (Å²) >= 11 is 0. The van der Waals surface area contributed by atoms with Crippen molar-refractivity contribution in [2.75, 3.05) is 20.1 Å². The number of hydrogen-bond acceptors (Lipinski definition) is 2. The third-order valence-electron chi connectivity index (χ3n) is 2.01. The summed E-state index contributed by atoms with van der Waals surface area (Å²) in [6.07, 6.45) is 0.516. The van der Waals surface area contributed by atoms with Gasteiger partial charge in [0.1, 0.15) is 5.82 Å². The van der Waals surface area contributed by atoms with Crippen LogP contribution in [0.4, 0.5) is 4.39 Å². The SMILES string of the molecule is CNCC(=O)NCCc1ccccc1F. The van der Waals surface area contributed by atoms with E-state index < -0.39 is 0 Å². The van der Waals surface area contributed by atoms with Gasteiger partial charge in [-0.1, -0.05) is 18.2 Å². The quantitative estimate of drug-likeness (QED) is 0.751. The Labute approximate surface area is 88.7 Å². The normalized spacial score (nSPS) is 10.0. The molecule has 0 saturated carbocycles. The highest BCUT2D eigenvalue weighted by Gasteiger charge is 2.01. The molecule has 0 bridgehead atoms. The minimum atomic E-state index is -0.222. The zero-order chi connectivity index (χ0) is 11.1. The number of carbonyl (C=O) groups excluding carboxylic acids is 1. The topological polar surface area (TPSA) is 41.1 Å². The number of hydrogen-bond donors (Lipinski definition) is 2. The minimum Gasteiger partial charge on any atom is -0.355 e. The van der Waals surface area contributed by atoms with Gasteiger partial charge in [-0.2, -0.15) is 0 Å². The van der Waals surface area contributed by atoms with E-state index in [1.54, 1.807) is 25.2 Å². The standard InChI is InChI=1S/C11H15FN2O/c1-13-8-11(15)14-7-6-9-4-2-3-5-10(9)12/h2-5,13H,6-8H2,1H3,(H,14,15). The van der Waals surface area contributed by atoms with Crippen molar-refractivity contribution in [1.82, 2.24) is 10.6 Å². The van der Waals surface area contributed by atoms with Crippen LogP contribution in [0.1, 0.15) is 5.56 Å². The Balaban J connectivity index is 2.32. The van der Waals surface area contributed by atoms with Gasteiger partial charge in [-0.25, -0.2) is 4.39 Å². The molecule has 0 heterocycles. The number of carbonyl (C=O) groups is 1. The zero-order valence-electron chi connectivity index (χ0n) is 8.72. The van der Waals surface area contributed by atoms with Crippen molar-refractivity contribution in [3.8, 4) is 0 Å². The van der Waals surface area contributed by atoms with Gasteiger partial charge in [-0.3, -0.25) is 4.79 Å². The van der Waals surface area contributed by atoms with Gasteiger partial charge in [-0.05, 0) is 25.1 Å². The molecule has 0 aliphatic carbocycles. The second kappa shape index (κ2) is 6.14. The Morgan fingerprint density at radius 1 is 1.40 bits per heavy atom. The number of rotatable bonds is 5. The van der Waals surface area contributed by atoms with E-state index in [2.05, 4.69) is 10.6 Å². The third-order valence-corrected chi connectivity index (χ3v) is 2.01. The summed E-state index contributed by atoms with van der Waals surface area (Å²) in [5.74, 6) is -0.297. The molecule has 1 aromatic carbocycles. The Bertz CT molecular complexity index is 328. The molecule has 1 rings (SSSR count). The molecule has 0 saturated heterocycles. The summed E-state index contributed by atoms with van der Waals surface area (Å²) in [5, 5.41) is 5.43. The Kier molecular flexibility index (Phi) is 4.77. The minimum absolute atomic E-state index is 0.0751. The van der Waals surface area contributed by atoms with Crippen molar-refractivity contribution in [3.05, 3.63) is 35.6 Å². The molecule has 0 radical (unpaired) electrons. The van der Waals surface area contributed by atoms with E-state index in [4.69, 9.17) is 0 Å². The number of benzene rings is 1. The average molecular weight is 210 g/mol. The molecular formula is C11H15FN2O. The molecule has 0 aromatic heterocycles. The maximum Gasteiger partial charge on any atom is 0.233 e. The van der Waals surface area contributed by atoms with Crippen LogP contribution < -0.4 is 10.6 Å². The van der Waals surface area contributed by atoms with Crippen molar-refractivity contribution in [2.45, 2.75) is 6.42 Å². The summed E-state index contributed by atoms with van der Waals surface area (Å²) in [6, 6.07) is 6.58. The van der Waals surface area contributed by atoms with Crippen LogP contribution in [0, 0.1) is 5.82 Å². The lowest BCUT2D eigenvalue weighted by Gasteiger charge is -2.05. The summed E-state index contributed by atoms with van der Waals surface area (Å²) in [5.41, 5.74) is 0.627. The van der Waals surface area contributed by atoms with Crippen molar-refractivity contribution in [3.63, 3.8) is 0 Å². The van der Waals surface area contributed by atoms with E-state index in [0.29, 0.717) is 18.5 Å². The van der Waals surface area contributed by atoms with E-state index >= 15 is 0 Å². The van der Waals surface area contributed by atoms with Gasteiger partial charge in [0, 0.05) is 6.54 Å². The fourth-order valence-corrected chi connectivity index (χ4v) is 1.26. The number of halogens is 1. The van der Waals surface area contributed by atoms with E-state index in [9.17, 15) is 9.18 Å². The van der Waals surface area contributed by atoms with Crippen LogP contribution in [0.5, 0.6) is 0 Å². The molecule has 1 amide bonds. The van der Waals surface area contributed by atoms with Gasteiger partial charge >= 0.3 is 0 Å². The predicted octanol–water partition coefficient (Wildman–Crippen LogP) is 0.704. The molecule has 15 heavy (non-hydrogen) atoms. The molecule has 0 aliphatic rings. The van der Waals surface area contributed by atoms with Crippen LogP contribution >= 0.6 is 0 Å². The van der Waals surface area contributed by atoms with Crippen LogP contribution in [-0.4, -0.2) is 26.0 Å². The Hall–Kier alpha value is -1.42. The first-order chi connectivity index (χ1) is 7.24. The fraction of sp³-hybridized carbons (Fsp3) is 0.364. The molecule has 3 nitrogen and oxygen atoms in total. The van der Waals surface area contributed by atoms with E-state index in [0.717, 1.165) is 0 Å². The second-order valence-corrected chi connectivity index (χ2v) is 3.22. The molecule has 0 aliphatic heterocycles. The summed E-state index contributed by atoms with van der Waals surface area (Å²) in [4.78, 5) is 11.1. The number of likely N-dealkylation sites (N-methyl/N-ethyl adjacent to an activating group) is 1. The second-order valence-electron chi connectivity index (χ2n) is 3.22. The van der Waals surface area contributed by atoms with Gasteiger partial charge in [0.05, 0.1) is 6.54 Å². The molecule has 2 N–H and O–H groups in total. The van der Waals surface area contributed by atoms with E-state index in [-0.39, 0.29) is 18.3 Å². The van der Waals surface area contributed by atoms with Crippen LogP contribution in [0.3, 0.4) is 0 Å². The van der Waals surface area contributed by atoms with Crippen LogP contribution in [0.15, 0.2) is 24.3 Å². The Morgan fingerprint density at radius 2 is 2.13 bits per heavy atom. The van der Waals surface area contributed by atoms with Gasteiger partial charge in [-0.15, -0.1) is 0 Å². The van der Waals surface area contributed by atoms with Gasteiger partial charge in [0.25, 0.3) is 0 Å². The Morgan fingerprint density at radius 3 is 2.80 bits per heavy atom. The highest BCUT2D eigenvalue weighted by Crippen LogP contribution is 2.05. The molecule has 1 aromatic rings. The van der Waals surface area contributed by atoms with E-state index in [1.165, 1.54) is 6.07 Å². The maximum atomic E-state index is 13.1. The van der Waals surface area contributed by atoms with Crippen molar-refractivity contribution in [2.24, 2.45) is 0 Å². The van der Waals surface area contributed by atoms with E-state index in [1.807, 2.05) is 0 Å². The van der Waals surface area contributed by atoms with Crippen molar-refractivity contribution < 1.29 is 9.18 Å². The predicted molar refractivity (Wildman–Crippen MR) is 57.0 cm³/mol. The summed E-state index contributed by atoms with van der Waals surface area (Å²) < 4.78 is 13.1. The summed E-state index contributed by atoms with van der Waals surface area (Å²) in [6.45, 7) is 0.749. The molecule has 0 fully saturated rings. The molecule has 0 atom stereocenters. The van der Waals surface area contributed by atoms with Crippen LogP contribution in [0.2, 0.25) is 0 Å². The highest BCUT2D eigenvalue weighted by molar-refractivity contribution is 5.77. The molecular weight excluding hydrogens is 195 g/mol. The smallest absolute Gasteiger partial charge is 0.233 e. The fourth-order valence-electron chi connectivity index (χ4n) is 1.26. The average Bonchev–Trinajstić information content (AvgIpc) is 2.21. The molecule has 0 spiro atoms. The van der Waals surface area contributed by atoms with Crippen LogP contribution in [-0.2, 0) is 11.2 Å². The first-order valence-electron chi connectivity index (χ1n) is 4.88. The number of nitrogens with one attached hydrogen (secondary N) is 2. The zero-order valence-corrected chi connectivity index (χ0v) is 8.72. The van der Waals surface area contributed by atoms with Crippen molar-refractivity contribution in [1.29, 1.82) is 0 Å². The highest BCUT2D eigenvalue weighted by atomic mass is 19.1. The van der Waals surface area contributed by atoms with Crippen LogP contribution in [0.25, 0.3) is 0 Å². The molecule has 0 unspecified atom stereocenters. The first-order valence-corrected chi connectivity index (χ1v) is 4.88. The van der Waals surface area contributed by atoms with Crippen molar-refractivity contribution >= 4 is 5.91 Å².